The average molecular weight is 449 g/mol. The molecule has 3 aromatic rings. The van der Waals surface area contributed by atoms with Gasteiger partial charge in [0.2, 0.25) is 0 Å². The molecule has 1 aromatic heterocycles. The molecule has 0 radical (unpaired) electrons. The van der Waals surface area contributed by atoms with Crippen molar-refractivity contribution in [2.45, 2.75) is 13.1 Å². The van der Waals surface area contributed by atoms with Crippen LogP contribution in [0.4, 0.5) is 0 Å². The highest BCUT2D eigenvalue weighted by Gasteiger charge is 2.27. The van der Waals surface area contributed by atoms with Crippen LogP contribution in [0.25, 0.3) is 0 Å². The van der Waals surface area contributed by atoms with Crippen molar-refractivity contribution in [2.75, 3.05) is 13.6 Å². The number of nitrogens with zero attached hydrogens (tertiary/aromatic N) is 2. The van der Waals surface area contributed by atoms with Crippen molar-refractivity contribution in [3.63, 3.8) is 0 Å². The molecule has 9 nitrogen and oxygen atoms in total. The van der Waals surface area contributed by atoms with Crippen molar-refractivity contribution in [1.82, 2.24) is 14.8 Å². The largest absolute Gasteiger partial charge is 0.506 e. The van der Waals surface area contributed by atoms with Gasteiger partial charge in [0.1, 0.15) is 17.9 Å². The smallest absolute Gasteiger partial charge is 0.322 e. The van der Waals surface area contributed by atoms with Crippen molar-refractivity contribution in [3.8, 4) is 5.75 Å². The molecule has 33 heavy (non-hydrogen) atoms. The number of aromatic hydroxyl groups is 1. The summed E-state index contributed by atoms with van der Waals surface area (Å²) < 4.78 is 1.15. The Hall–Kier alpha value is -4.40. The number of aromatic nitrogens is 1. The summed E-state index contributed by atoms with van der Waals surface area (Å²) >= 11 is 0. The molecule has 0 fully saturated rings. The molecule has 0 aliphatic rings. The molecule has 0 aliphatic heterocycles. The van der Waals surface area contributed by atoms with Gasteiger partial charge in [-0.15, -0.1) is 0 Å². The first kappa shape index (κ1) is 23.3. The van der Waals surface area contributed by atoms with Crippen LogP contribution in [-0.2, 0) is 17.9 Å². The van der Waals surface area contributed by atoms with Gasteiger partial charge in [-0.1, -0.05) is 60.7 Å². The van der Waals surface area contributed by atoms with Gasteiger partial charge < -0.3 is 25.0 Å². The molecular weight excluding hydrogens is 426 g/mol. The van der Waals surface area contributed by atoms with Crippen LogP contribution in [-0.4, -0.2) is 51.1 Å². The number of carboxylic acids is 1. The predicted molar refractivity (Wildman–Crippen MR) is 120 cm³/mol. The third kappa shape index (κ3) is 5.65. The van der Waals surface area contributed by atoms with Crippen LogP contribution in [0.1, 0.15) is 31.8 Å². The molecule has 0 spiro atoms. The number of carbonyl (C=O) groups is 3. The van der Waals surface area contributed by atoms with E-state index < -0.39 is 41.2 Å². The highest BCUT2D eigenvalue weighted by Crippen LogP contribution is 2.22. The zero-order chi connectivity index (χ0) is 24.0. The molecule has 1 heterocycles. The summed E-state index contributed by atoms with van der Waals surface area (Å²) in [6.07, 6.45) is 1.21. The summed E-state index contributed by atoms with van der Waals surface area (Å²) in [6.45, 7) is -0.470. The van der Waals surface area contributed by atoms with E-state index in [9.17, 15) is 24.3 Å². The molecule has 0 aliphatic carbocycles. The lowest BCUT2D eigenvalue weighted by Crippen LogP contribution is -2.37. The summed E-state index contributed by atoms with van der Waals surface area (Å²) in [5.41, 5.74) is -0.194. The number of carbonyl (C=O) groups excluding carboxylic acids is 2. The lowest BCUT2D eigenvalue weighted by atomic mass is 10.1. The fourth-order valence-electron chi connectivity index (χ4n) is 3.29. The van der Waals surface area contributed by atoms with Gasteiger partial charge in [-0.25, -0.2) is 0 Å². The van der Waals surface area contributed by atoms with Crippen LogP contribution in [0.2, 0.25) is 0 Å². The van der Waals surface area contributed by atoms with E-state index in [0.29, 0.717) is 0 Å². The Morgan fingerprint density at radius 1 is 0.970 bits per heavy atom. The Labute approximate surface area is 189 Å². The van der Waals surface area contributed by atoms with Crippen LogP contribution >= 0.6 is 0 Å². The van der Waals surface area contributed by atoms with Gasteiger partial charge in [0, 0.05) is 19.8 Å². The molecule has 0 saturated carbocycles. The van der Waals surface area contributed by atoms with E-state index in [-0.39, 0.29) is 18.7 Å². The topological polar surface area (TPSA) is 129 Å². The third-order valence-electron chi connectivity index (χ3n) is 4.91. The van der Waals surface area contributed by atoms with Crippen LogP contribution in [0.5, 0.6) is 5.75 Å². The fraction of sp³-hybridized carbons (Fsp3) is 0.167. The second-order valence-electron chi connectivity index (χ2n) is 7.41. The first-order chi connectivity index (χ1) is 15.8. The number of pyridine rings is 1. The van der Waals surface area contributed by atoms with Crippen molar-refractivity contribution in [3.05, 3.63) is 99.5 Å². The SMILES string of the molecule is CN(Cc1ccccc1)C(=O)c1cn(Cc2ccccc2)c(=O)c(C(=O)NCC(=O)O)c1O. The minimum absolute atomic E-state index is 0.0435. The lowest BCUT2D eigenvalue weighted by Gasteiger charge is -2.20. The number of carboxylic acid groups (broad SMARTS) is 1. The van der Waals surface area contributed by atoms with Crippen molar-refractivity contribution in [2.24, 2.45) is 0 Å². The lowest BCUT2D eigenvalue weighted by molar-refractivity contribution is -0.135. The number of amides is 2. The van der Waals surface area contributed by atoms with Crippen molar-refractivity contribution in [1.29, 1.82) is 0 Å². The van der Waals surface area contributed by atoms with E-state index in [2.05, 4.69) is 5.32 Å². The highest BCUT2D eigenvalue weighted by molar-refractivity contribution is 6.03. The second-order valence-corrected chi connectivity index (χ2v) is 7.41. The monoisotopic (exact) mass is 449 g/mol. The summed E-state index contributed by atoms with van der Waals surface area (Å²) in [6, 6.07) is 18.1. The standard InChI is InChI=1S/C24H23N3O6/c1-26(13-16-8-4-2-5-9-16)23(32)18-15-27(14-17-10-6-3-7-11-17)24(33)20(21(18)30)22(31)25-12-19(28)29/h2-11,15,30H,12-14H2,1H3,(H,25,31)(H,28,29). The van der Waals surface area contributed by atoms with Gasteiger partial charge in [0.05, 0.1) is 12.1 Å². The van der Waals surface area contributed by atoms with Crippen molar-refractivity contribution >= 4 is 17.8 Å². The van der Waals surface area contributed by atoms with Gasteiger partial charge in [0.25, 0.3) is 17.4 Å². The Morgan fingerprint density at radius 3 is 2.12 bits per heavy atom. The van der Waals surface area contributed by atoms with Crippen LogP contribution in [0.15, 0.2) is 71.7 Å². The minimum Gasteiger partial charge on any atom is -0.506 e. The second kappa shape index (κ2) is 10.3. The Kier molecular flexibility index (Phi) is 7.24. The summed E-state index contributed by atoms with van der Waals surface area (Å²) in [5, 5.41) is 21.6. The third-order valence-corrected chi connectivity index (χ3v) is 4.91. The molecule has 3 rings (SSSR count). The average Bonchev–Trinajstić information content (AvgIpc) is 2.80. The highest BCUT2D eigenvalue weighted by atomic mass is 16.4. The van der Waals surface area contributed by atoms with Crippen LogP contribution < -0.4 is 10.9 Å². The minimum atomic E-state index is -1.32. The Balaban J connectivity index is 2.03. The number of hydrogen-bond donors (Lipinski definition) is 3. The van der Waals surface area contributed by atoms with E-state index >= 15 is 0 Å². The number of hydrogen-bond acceptors (Lipinski definition) is 5. The first-order valence-corrected chi connectivity index (χ1v) is 10.1. The normalized spacial score (nSPS) is 10.5. The molecular formula is C24H23N3O6. The van der Waals surface area contributed by atoms with Crippen LogP contribution in [0, 0.1) is 0 Å². The van der Waals surface area contributed by atoms with Crippen LogP contribution in [0.3, 0.4) is 0 Å². The summed E-state index contributed by atoms with van der Waals surface area (Å²) in [7, 11) is 1.53. The number of benzene rings is 2. The number of aliphatic carboxylic acids is 1. The van der Waals surface area contributed by atoms with Gasteiger partial charge >= 0.3 is 5.97 Å². The van der Waals surface area contributed by atoms with Gasteiger partial charge in [0.15, 0.2) is 0 Å². The predicted octanol–water partition coefficient (Wildman–Crippen LogP) is 1.69. The van der Waals surface area contributed by atoms with E-state index in [1.807, 2.05) is 30.3 Å². The molecule has 0 atom stereocenters. The molecule has 0 saturated heterocycles. The maximum atomic E-state index is 13.2. The zero-order valence-corrected chi connectivity index (χ0v) is 17.9. The maximum Gasteiger partial charge on any atom is 0.322 e. The Bertz CT molecular complexity index is 1220. The van der Waals surface area contributed by atoms with E-state index in [1.54, 1.807) is 30.3 Å². The molecule has 3 N–H and O–H groups in total. The Morgan fingerprint density at radius 2 is 1.55 bits per heavy atom. The first-order valence-electron chi connectivity index (χ1n) is 10.1. The van der Waals surface area contributed by atoms with E-state index in [4.69, 9.17) is 5.11 Å². The zero-order valence-electron chi connectivity index (χ0n) is 17.9. The fourth-order valence-corrected chi connectivity index (χ4v) is 3.29. The molecule has 170 valence electrons. The van der Waals surface area contributed by atoms with E-state index in [1.165, 1.54) is 18.1 Å². The molecule has 0 bridgehead atoms. The quantitative estimate of drug-likeness (QED) is 0.480. The van der Waals surface area contributed by atoms with E-state index in [0.717, 1.165) is 15.7 Å². The van der Waals surface area contributed by atoms with Gasteiger partial charge in [-0.2, -0.15) is 0 Å². The number of rotatable bonds is 8. The molecule has 0 unspecified atom stereocenters. The summed E-state index contributed by atoms with van der Waals surface area (Å²) in [5.74, 6) is -3.80. The molecule has 2 amide bonds. The van der Waals surface area contributed by atoms with Gasteiger partial charge in [-0.05, 0) is 11.1 Å². The maximum absolute atomic E-state index is 13.2. The molecule has 2 aromatic carbocycles. The van der Waals surface area contributed by atoms with Crippen molar-refractivity contribution < 1.29 is 24.6 Å². The molecule has 9 heteroatoms. The van der Waals surface area contributed by atoms with Gasteiger partial charge in [-0.3, -0.25) is 19.2 Å². The summed E-state index contributed by atoms with van der Waals surface area (Å²) in [4.78, 5) is 50.9. The number of nitrogens with one attached hydrogen (secondary N) is 1.